The second kappa shape index (κ2) is 7.57. The average molecular weight is 283 g/mol. The van der Waals surface area contributed by atoms with E-state index in [4.69, 9.17) is 10.5 Å². The molecule has 0 saturated carbocycles. The zero-order valence-electron chi connectivity index (χ0n) is 12.1. The Morgan fingerprint density at radius 3 is 2.75 bits per heavy atom. The predicted octanol–water partition coefficient (Wildman–Crippen LogP) is 2.13. The van der Waals surface area contributed by atoms with Gasteiger partial charge in [-0.2, -0.15) is 0 Å². The van der Waals surface area contributed by atoms with E-state index in [1.54, 1.807) is 13.8 Å². The van der Waals surface area contributed by atoms with Crippen molar-refractivity contribution in [3.05, 3.63) is 17.9 Å². The van der Waals surface area contributed by atoms with Crippen molar-refractivity contribution in [3.8, 4) is 5.75 Å². The summed E-state index contributed by atoms with van der Waals surface area (Å²) >= 11 is 0. The molecule has 1 amide bonds. The Morgan fingerprint density at radius 1 is 1.45 bits per heavy atom. The van der Waals surface area contributed by atoms with Crippen LogP contribution in [0.5, 0.6) is 5.75 Å². The molecular weight excluding hydrogens is 261 g/mol. The van der Waals surface area contributed by atoms with Crippen LogP contribution in [-0.2, 0) is 4.79 Å². The van der Waals surface area contributed by atoms with Gasteiger partial charge in [-0.3, -0.25) is 4.79 Å². The van der Waals surface area contributed by atoms with Crippen molar-refractivity contribution in [1.29, 1.82) is 0 Å². The molecule has 0 aliphatic carbocycles. The molecule has 6 heteroatoms. The van der Waals surface area contributed by atoms with Crippen molar-refractivity contribution in [2.45, 2.75) is 33.3 Å². The Bertz CT molecular complexity index is 464. The smallest absolute Gasteiger partial charge is 0.239 e. The van der Waals surface area contributed by atoms with Crippen LogP contribution in [0.25, 0.3) is 0 Å². The lowest BCUT2D eigenvalue weighted by Crippen LogP contribution is -2.30. The summed E-state index contributed by atoms with van der Waals surface area (Å²) in [5.74, 6) is -0.537. The number of benzene rings is 1. The van der Waals surface area contributed by atoms with E-state index in [9.17, 15) is 9.18 Å². The van der Waals surface area contributed by atoms with Crippen LogP contribution in [0.3, 0.4) is 0 Å². The SMILES string of the molecule is CCCNC(=O)CNc1cc(OC(C)C)c(F)cc1N. The highest BCUT2D eigenvalue weighted by Gasteiger charge is 2.11. The van der Waals surface area contributed by atoms with Gasteiger partial charge in [-0.05, 0) is 20.3 Å². The first-order valence-electron chi connectivity index (χ1n) is 6.70. The van der Waals surface area contributed by atoms with Gasteiger partial charge < -0.3 is 21.1 Å². The summed E-state index contributed by atoms with van der Waals surface area (Å²) < 4.78 is 19.0. The van der Waals surface area contributed by atoms with Gasteiger partial charge in [-0.25, -0.2) is 4.39 Å². The summed E-state index contributed by atoms with van der Waals surface area (Å²) in [7, 11) is 0. The molecule has 0 atom stereocenters. The van der Waals surface area contributed by atoms with Gasteiger partial charge in [0, 0.05) is 18.7 Å². The number of carbonyl (C=O) groups excluding carboxylic acids is 1. The lowest BCUT2D eigenvalue weighted by molar-refractivity contribution is -0.119. The van der Waals surface area contributed by atoms with Gasteiger partial charge in [0.15, 0.2) is 11.6 Å². The quantitative estimate of drug-likeness (QED) is 0.670. The number of ether oxygens (including phenoxy) is 1. The number of carbonyl (C=O) groups is 1. The van der Waals surface area contributed by atoms with Crippen molar-refractivity contribution in [1.82, 2.24) is 5.32 Å². The van der Waals surface area contributed by atoms with Crippen molar-refractivity contribution >= 4 is 17.3 Å². The molecule has 0 spiro atoms. The first kappa shape index (κ1) is 16.1. The third kappa shape index (κ3) is 4.95. The van der Waals surface area contributed by atoms with Gasteiger partial charge >= 0.3 is 0 Å². The Labute approximate surface area is 118 Å². The van der Waals surface area contributed by atoms with E-state index in [0.717, 1.165) is 6.42 Å². The number of halogens is 1. The number of rotatable bonds is 7. The summed E-state index contributed by atoms with van der Waals surface area (Å²) in [5.41, 5.74) is 6.44. The van der Waals surface area contributed by atoms with Crippen LogP contribution >= 0.6 is 0 Å². The Balaban J connectivity index is 2.71. The van der Waals surface area contributed by atoms with Gasteiger partial charge in [0.1, 0.15) is 0 Å². The standard InChI is InChI=1S/C14H22FN3O2/c1-4-5-17-14(19)8-18-12-7-13(20-9(2)3)10(15)6-11(12)16/h6-7,9,18H,4-5,8,16H2,1-3H3,(H,17,19). The second-order valence-corrected chi connectivity index (χ2v) is 4.74. The van der Waals surface area contributed by atoms with E-state index < -0.39 is 5.82 Å². The fraction of sp³-hybridized carbons (Fsp3) is 0.500. The number of hydrogen-bond acceptors (Lipinski definition) is 4. The van der Waals surface area contributed by atoms with Gasteiger partial charge in [0.2, 0.25) is 5.91 Å². The number of nitrogens with two attached hydrogens (primary N) is 1. The third-order valence-electron chi connectivity index (χ3n) is 2.48. The molecule has 0 aliphatic rings. The average Bonchev–Trinajstić information content (AvgIpc) is 2.37. The molecular formula is C14H22FN3O2. The number of hydrogen-bond donors (Lipinski definition) is 3. The fourth-order valence-corrected chi connectivity index (χ4v) is 1.57. The van der Waals surface area contributed by atoms with Crippen molar-refractivity contribution in [3.63, 3.8) is 0 Å². The normalized spacial score (nSPS) is 10.4. The minimum absolute atomic E-state index is 0.0803. The summed E-state index contributed by atoms with van der Waals surface area (Å²) in [5, 5.41) is 5.61. The summed E-state index contributed by atoms with van der Waals surface area (Å²) in [4.78, 5) is 11.5. The Kier molecular flexibility index (Phi) is 6.09. The van der Waals surface area contributed by atoms with Crippen LogP contribution in [0.4, 0.5) is 15.8 Å². The molecule has 0 aromatic heterocycles. The second-order valence-electron chi connectivity index (χ2n) is 4.74. The van der Waals surface area contributed by atoms with E-state index >= 15 is 0 Å². The minimum atomic E-state index is -0.516. The van der Waals surface area contributed by atoms with Crippen molar-refractivity contribution in [2.24, 2.45) is 0 Å². The van der Waals surface area contributed by atoms with Gasteiger partial charge in [-0.1, -0.05) is 6.92 Å². The molecule has 0 fully saturated rings. The van der Waals surface area contributed by atoms with Gasteiger partial charge in [-0.15, -0.1) is 0 Å². The highest BCUT2D eigenvalue weighted by atomic mass is 19.1. The van der Waals surface area contributed by atoms with Crippen LogP contribution < -0.4 is 21.1 Å². The molecule has 1 aromatic carbocycles. The lowest BCUT2D eigenvalue weighted by atomic mass is 10.2. The molecule has 1 aromatic rings. The predicted molar refractivity (Wildman–Crippen MR) is 78.4 cm³/mol. The number of amides is 1. The number of nitrogens with one attached hydrogen (secondary N) is 2. The highest BCUT2D eigenvalue weighted by molar-refractivity contribution is 5.82. The van der Waals surface area contributed by atoms with E-state index in [2.05, 4.69) is 10.6 Å². The Morgan fingerprint density at radius 2 is 2.15 bits per heavy atom. The molecule has 0 unspecified atom stereocenters. The first-order valence-corrected chi connectivity index (χ1v) is 6.70. The molecule has 20 heavy (non-hydrogen) atoms. The maximum Gasteiger partial charge on any atom is 0.239 e. The summed E-state index contributed by atoms with van der Waals surface area (Å²) in [6, 6.07) is 2.65. The number of nitrogen functional groups attached to an aromatic ring is 1. The first-order chi connectivity index (χ1) is 9.43. The van der Waals surface area contributed by atoms with Crippen LogP contribution in [0.15, 0.2) is 12.1 Å². The monoisotopic (exact) mass is 283 g/mol. The summed E-state index contributed by atoms with van der Waals surface area (Å²) in [6.45, 7) is 6.29. The topological polar surface area (TPSA) is 76.4 Å². The largest absolute Gasteiger partial charge is 0.488 e. The van der Waals surface area contributed by atoms with E-state index in [1.165, 1.54) is 12.1 Å². The number of anilines is 2. The van der Waals surface area contributed by atoms with E-state index in [0.29, 0.717) is 12.2 Å². The van der Waals surface area contributed by atoms with Crippen LogP contribution in [0, 0.1) is 5.82 Å². The lowest BCUT2D eigenvalue weighted by Gasteiger charge is -2.15. The molecule has 5 nitrogen and oxygen atoms in total. The van der Waals surface area contributed by atoms with Crippen LogP contribution in [0.1, 0.15) is 27.2 Å². The molecule has 0 aliphatic heterocycles. The van der Waals surface area contributed by atoms with E-state index in [-0.39, 0.29) is 30.0 Å². The zero-order valence-corrected chi connectivity index (χ0v) is 12.1. The maximum atomic E-state index is 13.6. The fourth-order valence-electron chi connectivity index (χ4n) is 1.57. The van der Waals surface area contributed by atoms with Crippen molar-refractivity contribution in [2.75, 3.05) is 24.1 Å². The van der Waals surface area contributed by atoms with Gasteiger partial charge in [0.25, 0.3) is 0 Å². The summed E-state index contributed by atoms with van der Waals surface area (Å²) in [6.07, 6.45) is 0.727. The van der Waals surface area contributed by atoms with Crippen molar-refractivity contribution < 1.29 is 13.9 Å². The molecule has 0 radical (unpaired) electrons. The van der Waals surface area contributed by atoms with E-state index in [1.807, 2.05) is 6.92 Å². The van der Waals surface area contributed by atoms with Gasteiger partial charge in [0.05, 0.1) is 24.0 Å². The Hall–Kier alpha value is -1.98. The zero-order chi connectivity index (χ0) is 15.1. The molecule has 112 valence electrons. The van der Waals surface area contributed by atoms with Crippen LogP contribution in [-0.4, -0.2) is 25.1 Å². The van der Waals surface area contributed by atoms with Crippen LogP contribution in [0.2, 0.25) is 0 Å². The highest BCUT2D eigenvalue weighted by Crippen LogP contribution is 2.28. The molecule has 0 bridgehead atoms. The molecule has 0 heterocycles. The third-order valence-corrected chi connectivity index (χ3v) is 2.48. The maximum absolute atomic E-state index is 13.6. The minimum Gasteiger partial charge on any atom is -0.488 e. The molecule has 1 rings (SSSR count). The molecule has 0 saturated heterocycles. The molecule has 4 N–H and O–H groups in total.